The van der Waals surface area contributed by atoms with Gasteiger partial charge in [0.1, 0.15) is 0 Å². The summed E-state index contributed by atoms with van der Waals surface area (Å²) in [6, 6.07) is 4.49. The average Bonchev–Trinajstić information content (AvgIpc) is 2.42. The van der Waals surface area contributed by atoms with E-state index in [1.165, 1.54) is 23.6 Å². The SMILES string of the molecule is OB(O)c1ccc2c(c1)C=CS2(O)O. The van der Waals surface area contributed by atoms with Crippen LogP contribution in [-0.2, 0) is 0 Å². The smallest absolute Gasteiger partial charge is 0.423 e. The van der Waals surface area contributed by atoms with Gasteiger partial charge in [-0.1, -0.05) is 12.1 Å². The average molecular weight is 212 g/mol. The van der Waals surface area contributed by atoms with Gasteiger partial charge in [-0.05, 0) is 23.2 Å². The molecule has 0 fully saturated rings. The standard InChI is InChI=1S/C8H9BO4S/c10-9(11)7-1-2-8-6(5-7)3-4-14(8,12)13/h1-5,10-13H. The summed E-state index contributed by atoms with van der Waals surface area (Å²) in [5.41, 5.74) is 0.959. The highest BCUT2D eigenvalue weighted by Crippen LogP contribution is 2.55. The first kappa shape index (κ1) is 9.76. The van der Waals surface area contributed by atoms with Gasteiger partial charge in [0.2, 0.25) is 0 Å². The molecule has 0 bridgehead atoms. The van der Waals surface area contributed by atoms with Gasteiger partial charge in [0, 0.05) is 5.41 Å². The van der Waals surface area contributed by atoms with E-state index in [4.69, 9.17) is 10.0 Å². The summed E-state index contributed by atoms with van der Waals surface area (Å²) in [6.45, 7) is 0. The lowest BCUT2D eigenvalue weighted by molar-refractivity contribution is 0.425. The third-order valence-electron chi connectivity index (χ3n) is 2.09. The molecule has 0 aromatic heterocycles. The molecule has 0 saturated heterocycles. The van der Waals surface area contributed by atoms with Crippen molar-refractivity contribution < 1.29 is 19.2 Å². The summed E-state index contributed by atoms with van der Waals surface area (Å²) in [5.74, 6) is 0. The molecule has 1 aliphatic rings. The van der Waals surface area contributed by atoms with Gasteiger partial charge >= 0.3 is 7.12 Å². The molecule has 0 unspecified atom stereocenters. The predicted octanol–water partition coefficient (Wildman–Crippen LogP) is 0.460. The Morgan fingerprint density at radius 2 is 1.86 bits per heavy atom. The maximum atomic E-state index is 9.50. The minimum atomic E-state index is -2.79. The first-order chi connectivity index (χ1) is 6.50. The molecule has 6 heteroatoms. The summed E-state index contributed by atoms with van der Waals surface area (Å²) < 4.78 is 19.0. The zero-order chi connectivity index (χ0) is 10.3. The Morgan fingerprint density at radius 3 is 2.50 bits per heavy atom. The van der Waals surface area contributed by atoms with Crippen molar-refractivity contribution in [2.75, 3.05) is 0 Å². The van der Waals surface area contributed by atoms with Crippen LogP contribution in [0.5, 0.6) is 0 Å². The molecule has 0 amide bonds. The van der Waals surface area contributed by atoms with E-state index in [-0.39, 0.29) is 0 Å². The van der Waals surface area contributed by atoms with Crippen LogP contribution in [0.3, 0.4) is 0 Å². The van der Waals surface area contributed by atoms with E-state index in [1.54, 1.807) is 6.08 Å². The Labute approximate surface area is 83.0 Å². The van der Waals surface area contributed by atoms with Crippen LogP contribution < -0.4 is 5.46 Å². The molecule has 4 N–H and O–H groups in total. The third-order valence-corrected chi connectivity index (χ3v) is 3.63. The number of fused-ring (bicyclic) bond motifs is 1. The summed E-state index contributed by atoms with van der Waals surface area (Å²) in [6.07, 6.45) is 1.57. The molecule has 74 valence electrons. The molecule has 1 heterocycles. The van der Waals surface area contributed by atoms with Gasteiger partial charge in [-0.25, -0.2) is 0 Å². The maximum Gasteiger partial charge on any atom is 0.488 e. The van der Waals surface area contributed by atoms with E-state index in [0.717, 1.165) is 0 Å². The van der Waals surface area contributed by atoms with E-state index in [2.05, 4.69) is 0 Å². The Bertz CT molecular complexity index is 402. The number of rotatable bonds is 1. The summed E-state index contributed by atoms with van der Waals surface area (Å²) >= 11 is 0. The van der Waals surface area contributed by atoms with E-state index >= 15 is 0 Å². The largest absolute Gasteiger partial charge is 0.488 e. The highest BCUT2D eigenvalue weighted by Gasteiger charge is 2.23. The molecule has 0 atom stereocenters. The van der Waals surface area contributed by atoms with Crippen LogP contribution >= 0.6 is 10.6 Å². The van der Waals surface area contributed by atoms with Crippen LogP contribution in [-0.4, -0.2) is 26.3 Å². The molecular weight excluding hydrogens is 203 g/mol. The second-order valence-electron chi connectivity index (χ2n) is 3.07. The number of hydrogen-bond acceptors (Lipinski definition) is 4. The first-order valence-electron chi connectivity index (χ1n) is 3.97. The van der Waals surface area contributed by atoms with Crippen molar-refractivity contribution in [1.82, 2.24) is 0 Å². The monoisotopic (exact) mass is 212 g/mol. The van der Waals surface area contributed by atoms with Crippen LogP contribution in [0.1, 0.15) is 5.56 Å². The van der Waals surface area contributed by atoms with Gasteiger partial charge in [0.25, 0.3) is 0 Å². The van der Waals surface area contributed by atoms with Crippen molar-refractivity contribution >= 4 is 29.2 Å². The van der Waals surface area contributed by atoms with Crippen molar-refractivity contribution in [3.63, 3.8) is 0 Å². The Hall–Kier alpha value is -0.785. The fourth-order valence-electron chi connectivity index (χ4n) is 1.37. The van der Waals surface area contributed by atoms with Crippen molar-refractivity contribution in [3.05, 3.63) is 29.2 Å². The summed E-state index contributed by atoms with van der Waals surface area (Å²) in [5, 5.41) is 19.1. The maximum absolute atomic E-state index is 9.50. The Kier molecular flexibility index (Phi) is 2.17. The molecule has 0 aliphatic carbocycles. The van der Waals surface area contributed by atoms with E-state index in [9.17, 15) is 9.11 Å². The van der Waals surface area contributed by atoms with Crippen molar-refractivity contribution in [1.29, 1.82) is 0 Å². The van der Waals surface area contributed by atoms with Gasteiger partial charge in [-0.15, -0.1) is 10.6 Å². The van der Waals surface area contributed by atoms with Crippen LogP contribution in [0.25, 0.3) is 6.08 Å². The van der Waals surface area contributed by atoms with Gasteiger partial charge in [0.05, 0.1) is 4.90 Å². The van der Waals surface area contributed by atoms with E-state index in [1.807, 2.05) is 0 Å². The topological polar surface area (TPSA) is 80.9 Å². The van der Waals surface area contributed by atoms with Crippen LogP contribution in [0.4, 0.5) is 0 Å². The minimum absolute atomic E-state index is 0.338. The first-order valence-corrected chi connectivity index (χ1v) is 5.58. The van der Waals surface area contributed by atoms with Crippen LogP contribution in [0.2, 0.25) is 0 Å². The molecule has 0 saturated carbocycles. The van der Waals surface area contributed by atoms with Crippen molar-refractivity contribution in [2.45, 2.75) is 4.90 Å². The molecule has 0 radical (unpaired) electrons. The normalized spacial score (nSPS) is 19.1. The highest BCUT2D eigenvalue weighted by molar-refractivity contribution is 8.27. The second-order valence-corrected chi connectivity index (χ2v) is 4.96. The zero-order valence-electron chi connectivity index (χ0n) is 7.16. The number of benzene rings is 1. The lowest BCUT2D eigenvalue weighted by atomic mass is 9.80. The predicted molar refractivity (Wildman–Crippen MR) is 56.4 cm³/mol. The molecule has 1 aromatic rings. The van der Waals surface area contributed by atoms with Crippen LogP contribution in [0.15, 0.2) is 28.5 Å². The number of hydrogen-bond donors (Lipinski definition) is 4. The third kappa shape index (κ3) is 1.47. The van der Waals surface area contributed by atoms with Crippen molar-refractivity contribution in [2.24, 2.45) is 0 Å². The highest BCUT2D eigenvalue weighted by atomic mass is 32.3. The lowest BCUT2D eigenvalue weighted by Gasteiger charge is -2.25. The molecular formula is C8H9BO4S. The van der Waals surface area contributed by atoms with Gasteiger partial charge in [-0.2, -0.15) is 0 Å². The van der Waals surface area contributed by atoms with E-state index in [0.29, 0.717) is 15.9 Å². The van der Waals surface area contributed by atoms with Gasteiger partial charge < -0.3 is 10.0 Å². The quantitative estimate of drug-likeness (QED) is 0.510. The van der Waals surface area contributed by atoms with E-state index < -0.39 is 17.7 Å². The summed E-state index contributed by atoms with van der Waals surface area (Å²) in [7, 11) is -4.32. The molecule has 14 heavy (non-hydrogen) atoms. The molecule has 1 aromatic carbocycles. The zero-order valence-corrected chi connectivity index (χ0v) is 7.98. The molecule has 0 spiro atoms. The van der Waals surface area contributed by atoms with Gasteiger partial charge in [0.15, 0.2) is 0 Å². The Balaban J connectivity index is 2.49. The summed E-state index contributed by atoms with van der Waals surface area (Å²) in [4.78, 5) is 0.432. The minimum Gasteiger partial charge on any atom is -0.423 e. The van der Waals surface area contributed by atoms with Crippen molar-refractivity contribution in [3.8, 4) is 0 Å². The fourth-order valence-corrected chi connectivity index (χ4v) is 2.60. The molecule has 1 aliphatic heterocycles. The lowest BCUT2D eigenvalue weighted by Crippen LogP contribution is -2.29. The molecule has 2 rings (SSSR count). The second kappa shape index (κ2) is 3.11. The van der Waals surface area contributed by atoms with Gasteiger partial charge in [-0.3, -0.25) is 9.11 Å². The molecule has 4 nitrogen and oxygen atoms in total. The fraction of sp³-hybridized carbons (Fsp3) is 0. The van der Waals surface area contributed by atoms with Crippen LogP contribution in [0, 0.1) is 0 Å². The Morgan fingerprint density at radius 1 is 1.14 bits per heavy atom.